The van der Waals surface area contributed by atoms with Gasteiger partial charge in [-0.2, -0.15) is 11.3 Å². The third-order valence-corrected chi connectivity index (χ3v) is 3.03. The van der Waals surface area contributed by atoms with E-state index in [1.807, 2.05) is 12.3 Å². The minimum Gasteiger partial charge on any atom is -0.384 e. The number of methoxy groups -OCH3 is 1. The first-order chi connectivity index (χ1) is 7.22. The lowest BCUT2D eigenvalue weighted by molar-refractivity contribution is -0.120. The maximum absolute atomic E-state index is 11.6. The Morgan fingerprint density at radius 1 is 1.60 bits per heavy atom. The van der Waals surface area contributed by atoms with Crippen LogP contribution in [0.1, 0.15) is 25.3 Å². The number of aryl methyl sites for hydroxylation is 1. The van der Waals surface area contributed by atoms with Crippen LogP contribution >= 0.6 is 11.3 Å². The third-order valence-electron chi connectivity index (χ3n) is 2.30. The predicted octanol–water partition coefficient (Wildman–Crippen LogP) is 2.92. The Bertz CT molecular complexity index is 280. The highest BCUT2D eigenvalue weighted by Gasteiger charge is 2.09. The maximum atomic E-state index is 11.6. The highest BCUT2D eigenvalue weighted by atomic mass is 32.1. The zero-order chi connectivity index (χ0) is 11.1. The highest BCUT2D eigenvalue weighted by molar-refractivity contribution is 7.07. The Kier molecular flexibility index (Phi) is 5.58. The van der Waals surface area contributed by atoms with E-state index in [9.17, 15) is 4.79 Å². The molecule has 3 heteroatoms. The van der Waals surface area contributed by atoms with E-state index in [1.54, 1.807) is 18.4 Å². The van der Waals surface area contributed by atoms with Crippen LogP contribution in [0, 0.1) is 5.92 Å². The van der Waals surface area contributed by atoms with Crippen LogP contribution in [0.4, 0.5) is 0 Å². The van der Waals surface area contributed by atoms with Crippen LogP contribution in [-0.2, 0) is 16.0 Å². The smallest absolute Gasteiger partial charge is 0.133 e. The number of Topliss-reactive ketones (excluding diaryl/α,β-unsaturated/α-hetero) is 1. The van der Waals surface area contributed by atoms with Crippen LogP contribution in [0.2, 0.25) is 0 Å². The molecule has 84 valence electrons. The molecule has 0 radical (unpaired) electrons. The summed E-state index contributed by atoms with van der Waals surface area (Å²) in [5.74, 6) is 0.677. The van der Waals surface area contributed by atoms with Crippen molar-refractivity contribution in [3.8, 4) is 0 Å². The van der Waals surface area contributed by atoms with E-state index in [-0.39, 0.29) is 0 Å². The second kappa shape index (κ2) is 6.75. The molecule has 0 saturated heterocycles. The molecule has 0 spiro atoms. The average Bonchev–Trinajstić information content (AvgIpc) is 2.67. The molecule has 1 unspecified atom stereocenters. The highest BCUT2D eigenvalue weighted by Crippen LogP contribution is 2.11. The van der Waals surface area contributed by atoms with Gasteiger partial charge in [-0.15, -0.1) is 0 Å². The van der Waals surface area contributed by atoms with Crippen molar-refractivity contribution < 1.29 is 9.53 Å². The fraction of sp³-hybridized carbons (Fsp3) is 0.583. The van der Waals surface area contributed by atoms with Gasteiger partial charge in [-0.05, 0) is 34.7 Å². The van der Waals surface area contributed by atoms with Crippen molar-refractivity contribution >= 4 is 17.1 Å². The minimum atomic E-state index is 0.338. The molecule has 1 aromatic heterocycles. The van der Waals surface area contributed by atoms with E-state index >= 15 is 0 Å². The van der Waals surface area contributed by atoms with Crippen LogP contribution in [-0.4, -0.2) is 19.5 Å². The molecule has 0 N–H and O–H groups in total. The monoisotopic (exact) mass is 226 g/mol. The van der Waals surface area contributed by atoms with Gasteiger partial charge in [0.15, 0.2) is 0 Å². The van der Waals surface area contributed by atoms with Crippen molar-refractivity contribution in [1.29, 1.82) is 0 Å². The van der Waals surface area contributed by atoms with Crippen molar-refractivity contribution in [2.45, 2.75) is 26.2 Å². The van der Waals surface area contributed by atoms with Gasteiger partial charge in [0.05, 0.1) is 0 Å². The lowest BCUT2D eigenvalue weighted by Crippen LogP contribution is -2.10. The van der Waals surface area contributed by atoms with E-state index in [1.165, 1.54) is 5.56 Å². The predicted molar refractivity (Wildman–Crippen MR) is 63.3 cm³/mol. The topological polar surface area (TPSA) is 26.3 Å². The van der Waals surface area contributed by atoms with Crippen molar-refractivity contribution in [1.82, 2.24) is 0 Å². The fourth-order valence-corrected chi connectivity index (χ4v) is 2.26. The molecule has 1 aromatic rings. The molecule has 2 nitrogen and oxygen atoms in total. The van der Waals surface area contributed by atoms with E-state index in [0.29, 0.717) is 31.1 Å². The number of carbonyl (C=O) groups is 1. The largest absolute Gasteiger partial charge is 0.384 e. The second-order valence-corrected chi connectivity index (χ2v) is 4.71. The quantitative estimate of drug-likeness (QED) is 0.714. The molecule has 1 atom stereocenters. The lowest BCUT2D eigenvalue weighted by atomic mass is 10.0. The number of hydrogen-bond donors (Lipinski definition) is 0. The van der Waals surface area contributed by atoms with Gasteiger partial charge in [-0.3, -0.25) is 4.79 Å². The van der Waals surface area contributed by atoms with E-state index in [2.05, 4.69) is 11.4 Å². The maximum Gasteiger partial charge on any atom is 0.133 e. The first kappa shape index (κ1) is 12.4. The Hall–Kier alpha value is -0.670. The normalized spacial score (nSPS) is 12.7. The summed E-state index contributed by atoms with van der Waals surface area (Å²) in [6, 6.07) is 2.08. The lowest BCUT2D eigenvalue weighted by Gasteiger charge is -2.08. The molecule has 0 bridgehead atoms. The van der Waals surface area contributed by atoms with Crippen molar-refractivity contribution in [3.63, 3.8) is 0 Å². The third kappa shape index (κ3) is 5.09. The number of rotatable bonds is 7. The van der Waals surface area contributed by atoms with Gasteiger partial charge in [0.1, 0.15) is 5.78 Å². The summed E-state index contributed by atoms with van der Waals surface area (Å²) in [6.45, 7) is 2.72. The van der Waals surface area contributed by atoms with Gasteiger partial charge in [0, 0.05) is 26.6 Å². The van der Waals surface area contributed by atoms with Gasteiger partial charge in [-0.25, -0.2) is 0 Å². The number of thiophene rings is 1. The molecular weight excluding hydrogens is 208 g/mol. The zero-order valence-corrected chi connectivity index (χ0v) is 10.2. The summed E-state index contributed by atoms with van der Waals surface area (Å²) in [5.41, 5.74) is 1.27. The first-order valence-corrected chi connectivity index (χ1v) is 6.18. The SMILES string of the molecule is COCC(C)CC(=O)CCc1ccsc1. The average molecular weight is 226 g/mol. The number of ether oxygens (including phenoxy) is 1. The molecule has 0 aliphatic heterocycles. The molecular formula is C12H18O2S. The summed E-state index contributed by atoms with van der Waals surface area (Å²) in [4.78, 5) is 11.6. The molecule has 0 aliphatic rings. The number of ketones is 1. The van der Waals surface area contributed by atoms with Crippen molar-refractivity contribution in [2.24, 2.45) is 5.92 Å². The van der Waals surface area contributed by atoms with Crippen LogP contribution in [0.3, 0.4) is 0 Å². The summed E-state index contributed by atoms with van der Waals surface area (Å²) in [6.07, 6.45) is 2.17. The van der Waals surface area contributed by atoms with Gasteiger partial charge < -0.3 is 4.74 Å². The summed E-state index contributed by atoms with van der Waals surface area (Å²) < 4.78 is 5.00. The van der Waals surface area contributed by atoms with Gasteiger partial charge in [0.2, 0.25) is 0 Å². The van der Waals surface area contributed by atoms with Crippen LogP contribution in [0.15, 0.2) is 16.8 Å². The number of hydrogen-bond acceptors (Lipinski definition) is 3. The summed E-state index contributed by atoms with van der Waals surface area (Å²) >= 11 is 1.68. The van der Waals surface area contributed by atoms with Crippen molar-refractivity contribution in [2.75, 3.05) is 13.7 Å². The molecule has 0 aliphatic carbocycles. The van der Waals surface area contributed by atoms with Gasteiger partial charge in [0.25, 0.3) is 0 Å². The van der Waals surface area contributed by atoms with E-state index < -0.39 is 0 Å². The van der Waals surface area contributed by atoms with Gasteiger partial charge >= 0.3 is 0 Å². The first-order valence-electron chi connectivity index (χ1n) is 5.24. The zero-order valence-electron chi connectivity index (χ0n) is 9.36. The van der Waals surface area contributed by atoms with Crippen LogP contribution in [0.25, 0.3) is 0 Å². The van der Waals surface area contributed by atoms with Crippen molar-refractivity contribution in [3.05, 3.63) is 22.4 Å². The molecule has 15 heavy (non-hydrogen) atoms. The number of carbonyl (C=O) groups excluding carboxylic acids is 1. The Morgan fingerprint density at radius 3 is 3.00 bits per heavy atom. The van der Waals surface area contributed by atoms with E-state index in [0.717, 1.165) is 6.42 Å². The molecule has 1 heterocycles. The second-order valence-electron chi connectivity index (χ2n) is 3.93. The minimum absolute atomic E-state index is 0.338. The molecule has 0 fully saturated rings. The fourth-order valence-electron chi connectivity index (χ4n) is 1.55. The Labute approximate surface area is 95.3 Å². The van der Waals surface area contributed by atoms with Gasteiger partial charge in [-0.1, -0.05) is 6.92 Å². The standard InChI is InChI=1S/C12H18O2S/c1-10(8-14-2)7-12(13)4-3-11-5-6-15-9-11/h5-6,9-10H,3-4,7-8H2,1-2H3. The molecule has 0 aromatic carbocycles. The summed E-state index contributed by atoms with van der Waals surface area (Å²) in [7, 11) is 1.67. The summed E-state index contributed by atoms with van der Waals surface area (Å²) in [5, 5.41) is 4.15. The van der Waals surface area contributed by atoms with Crippen LogP contribution < -0.4 is 0 Å². The molecule has 0 amide bonds. The molecule has 0 saturated carbocycles. The Morgan fingerprint density at radius 2 is 2.40 bits per heavy atom. The van der Waals surface area contributed by atoms with E-state index in [4.69, 9.17) is 4.74 Å². The van der Waals surface area contributed by atoms with Crippen LogP contribution in [0.5, 0.6) is 0 Å². The molecule has 1 rings (SSSR count). The Balaban J connectivity index is 2.19.